The summed E-state index contributed by atoms with van der Waals surface area (Å²) in [6, 6.07) is 3.42. The third-order valence-corrected chi connectivity index (χ3v) is 2.34. The second-order valence-electron chi connectivity index (χ2n) is 3.73. The Morgan fingerprint density at radius 3 is 2.71 bits per heavy atom. The van der Waals surface area contributed by atoms with Crippen molar-refractivity contribution in [3.63, 3.8) is 0 Å². The number of hydrogen-bond donors (Lipinski definition) is 2. The molecule has 0 radical (unpaired) electrons. The third-order valence-electron chi connectivity index (χ3n) is 2.34. The van der Waals surface area contributed by atoms with Gasteiger partial charge in [0.15, 0.2) is 5.76 Å². The number of hydrogen-bond acceptors (Lipinski definition) is 3. The molecule has 0 bridgehead atoms. The maximum absolute atomic E-state index is 11.5. The first-order chi connectivity index (χ1) is 8.13. The van der Waals surface area contributed by atoms with Crippen molar-refractivity contribution in [3.05, 3.63) is 23.7 Å². The predicted octanol–water partition coefficient (Wildman–Crippen LogP) is 1.83. The number of carboxylic acid groups (broad SMARTS) is 1. The average molecular weight is 239 g/mol. The van der Waals surface area contributed by atoms with Crippen LogP contribution >= 0.6 is 0 Å². The summed E-state index contributed by atoms with van der Waals surface area (Å²) < 4.78 is 5.28. The van der Waals surface area contributed by atoms with Crippen molar-refractivity contribution in [2.75, 3.05) is 6.54 Å². The van der Waals surface area contributed by atoms with Crippen molar-refractivity contribution >= 4 is 11.9 Å². The Kier molecular flexibility index (Phi) is 5.26. The summed E-state index contributed by atoms with van der Waals surface area (Å²) in [6.45, 7) is 2.42. The minimum absolute atomic E-state index is 0.136. The van der Waals surface area contributed by atoms with Crippen LogP contribution in [0, 0.1) is 0 Å². The molecule has 1 heterocycles. The average Bonchev–Trinajstić information content (AvgIpc) is 2.76. The molecular weight excluding hydrogens is 222 g/mol. The Morgan fingerprint density at radius 2 is 2.12 bits per heavy atom. The highest BCUT2D eigenvalue weighted by Gasteiger charge is 2.09. The van der Waals surface area contributed by atoms with Crippen molar-refractivity contribution in [3.8, 4) is 0 Å². The first-order valence-electron chi connectivity index (χ1n) is 5.72. The molecule has 1 rings (SSSR count). The molecule has 94 valence electrons. The molecule has 0 fully saturated rings. The van der Waals surface area contributed by atoms with Crippen LogP contribution in [0.2, 0.25) is 0 Å². The number of nitrogens with one attached hydrogen (secondary N) is 1. The summed E-state index contributed by atoms with van der Waals surface area (Å²) in [5.74, 6) is 0.0242. The molecule has 5 heteroatoms. The van der Waals surface area contributed by atoms with Crippen LogP contribution in [-0.2, 0) is 11.2 Å². The fourth-order valence-electron chi connectivity index (χ4n) is 1.38. The molecular formula is C12H17NO4. The van der Waals surface area contributed by atoms with Crippen molar-refractivity contribution in [1.82, 2.24) is 5.32 Å². The quantitative estimate of drug-likeness (QED) is 0.711. The van der Waals surface area contributed by atoms with Gasteiger partial charge < -0.3 is 14.8 Å². The van der Waals surface area contributed by atoms with Gasteiger partial charge in [0, 0.05) is 19.4 Å². The molecule has 0 aliphatic heterocycles. The summed E-state index contributed by atoms with van der Waals surface area (Å²) in [5, 5.41) is 11.1. The lowest BCUT2D eigenvalue weighted by atomic mass is 10.2. The van der Waals surface area contributed by atoms with Crippen LogP contribution < -0.4 is 5.32 Å². The lowest BCUT2D eigenvalue weighted by Crippen LogP contribution is -2.24. The summed E-state index contributed by atoms with van der Waals surface area (Å²) in [7, 11) is 0. The van der Waals surface area contributed by atoms with E-state index < -0.39 is 5.97 Å². The molecule has 0 saturated heterocycles. The molecule has 0 aliphatic carbocycles. The first-order valence-corrected chi connectivity index (χ1v) is 5.72. The fourth-order valence-corrected chi connectivity index (χ4v) is 1.38. The van der Waals surface area contributed by atoms with Crippen LogP contribution in [-0.4, -0.2) is 23.5 Å². The SMILES string of the molecule is CCc1ccc(C(=O)NCCCCC(=O)O)o1. The first kappa shape index (κ1) is 13.3. The predicted molar refractivity (Wildman–Crippen MR) is 61.9 cm³/mol. The van der Waals surface area contributed by atoms with Gasteiger partial charge in [-0.25, -0.2) is 0 Å². The lowest BCUT2D eigenvalue weighted by molar-refractivity contribution is -0.137. The van der Waals surface area contributed by atoms with Gasteiger partial charge in [-0.1, -0.05) is 6.92 Å². The van der Waals surface area contributed by atoms with Crippen LogP contribution in [0.5, 0.6) is 0 Å². The minimum atomic E-state index is -0.810. The van der Waals surface area contributed by atoms with E-state index in [1.165, 1.54) is 0 Å². The molecule has 0 atom stereocenters. The number of rotatable bonds is 7. The number of carbonyl (C=O) groups is 2. The van der Waals surface area contributed by atoms with E-state index in [4.69, 9.17) is 9.52 Å². The number of aryl methyl sites for hydroxylation is 1. The van der Waals surface area contributed by atoms with Gasteiger partial charge in [-0.05, 0) is 25.0 Å². The summed E-state index contributed by atoms with van der Waals surface area (Å²) in [5.41, 5.74) is 0. The third kappa shape index (κ3) is 4.72. The maximum Gasteiger partial charge on any atom is 0.303 e. The Labute approximate surface area is 99.8 Å². The van der Waals surface area contributed by atoms with E-state index in [2.05, 4.69) is 5.32 Å². The zero-order valence-corrected chi connectivity index (χ0v) is 9.86. The smallest absolute Gasteiger partial charge is 0.303 e. The molecule has 0 spiro atoms. The highest BCUT2D eigenvalue weighted by atomic mass is 16.4. The molecule has 1 amide bonds. The Hall–Kier alpha value is -1.78. The number of carboxylic acids is 1. The number of carbonyl (C=O) groups excluding carboxylic acids is 1. The van der Waals surface area contributed by atoms with Crippen LogP contribution in [0.25, 0.3) is 0 Å². The zero-order valence-electron chi connectivity index (χ0n) is 9.86. The van der Waals surface area contributed by atoms with Crippen molar-refractivity contribution in [2.24, 2.45) is 0 Å². The molecule has 0 unspecified atom stereocenters. The molecule has 0 aromatic carbocycles. The molecule has 17 heavy (non-hydrogen) atoms. The maximum atomic E-state index is 11.5. The van der Waals surface area contributed by atoms with E-state index in [0.717, 1.165) is 12.2 Å². The van der Waals surface area contributed by atoms with E-state index in [1.54, 1.807) is 12.1 Å². The van der Waals surface area contributed by atoms with Gasteiger partial charge in [0.1, 0.15) is 5.76 Å². The van der Waals surface area contributed by atoms with E-state index in [1.807, 2.05) is 6.92 Å². The fraction of sp³-hybridized carbons (Fsp3) is 0.500. The summed E-state index contributed by atoms with van der Waals surface area (Å²) in [6.07, 6.45) is 2.11. The highest BCUT2D eigenvalue weighted by molar-refractivity contribution is 5.91. The minimum Gasteiger partial charge on any atom is -0.481 e. The lowest BCUT2D eigenvalue weighted by Gasteiger charge is -2.01. The normalized spacial score (nSPS) is 10.2. The van der Waals surface area contributed by atoms with Crippen LogP contribution in [0.4, 0.5) is 0 Å². The molecule has 0 saturated carbocycles. The molecule has 0 aliphatic rings. The van der Waals surface area contributed by atoms with Gasteiger partial charge in [-0.2, -0.15) is 0 Å². The van der Waals surface area contributed by atoms with Crippen LogP contribution in [0.15, 0.2) is 16.5 Å². The Balaban J connectivity index is 2.23. The van der Waals surface area contributed by atoms with E-state index >= 15 is 0 Å². The summed E-state index contributed by atoms with van der Waals surface area (Å²) >= 11 is 0. The second-order valence-corrected chi connectivity index (χ2v) is 3.73. The van der Waals surface area contributed by atoms with Gasteiger partial charge >= 0.3 is 5.97 Å². The number of furan rings is 1. The van der Waals surface area contributed by atoms with Crippen LogP contribution in [0.1, 0.15) is 42.5 Å². The zero-order chi connectivity index (χ0) is 12.7. The Bertz CT molecular complexity index is 384. The number of aliphatic carboxylic acids is 1. The van der Waals surface area contributed by atoms with Gasteiger partial charge in [0.2, 0.25) is 0 Å². The van der Waals surface area contributed by atoms with Crippen molar-refractivity contribution < 1.29 is 19.1 Å². The van der Waals surface area contributed by atoms with Gasteiger partial charge in [-0.15, -0.1) is 0 Å². The van der Waals surface area contributed by atoms with E-state index in [9.17, 15) is 9.59 Å². The van der Waals surface area contributed by atoms with Crippen LogP contribution in [0.3, 0.4) is 0 Å². The molecule has 1 aromatic heterocycles. The van der Waals surface area contributed by atoms with Gasteiger partial charge in [0.25, 0.3) is 5.91 Å². The van der Waals surface area contributed by atoms with Crippen molar-refractivity contribution in [2.45, 2.75) is 32.6 Å². The highest BCUT2D eigenvalue weighted by Crippen LogP contribution is 2.08. The number of unbranched alkanes of at least 4 members (excludes halogenated alkanes) is 1. The van der Waals surface area contributed by atoms with E-state index in [-0.39, 0.29) is 12.3 Å². The van der Waals surface area contributed by atoms with Gasteiger partial charge in [0.05, 0.1) is 0 Å². The van der Waals surface area contributed by atoms with Gasteiger partial charge in [-0.3, -0.25) is 9.59 Å². The molecule has 2 N–H and O–H groups in total. The topological polar surface area (TPSA) is 79.5 Å². The Morgan fingerprint density at radius 1 is 1.35 bits per heavy atom. The van der Waals surface area contributed by atoms with E-state index in [0.29, 0.717) is 25.1 Å². The molecule has 5 nitrogen and oxygen atoms in total. The monoisotopic (exact) mass is 239 g/mol. The largest absolute Gasteiger partial charge is 0.481 e. The number of amides is 1. The summed E-state index contributed by atoms with van der Waals surface area (Å²) in [4.78, 5) is 21.8. The second kappa shape index (κ2) is 6.73. The standard InChI is InChI=1S/C12H17NO4/c1-2-9-6-7-10(17-9)12(16)13-8-4-3-5-11(14)15/h6-7H,2-5,8H2,1H3,(H,13,16)(H,14,15). The van der Waals surface area contributed by atoms with Crippen molar-refractivity contribution in [1.29, 1.82) is 0 Å². The molecule has 1 aromatic rings.